The lowest BCUT2D eigenvalue weighted by Crippen LogP contribution is -2.27. The Bertz CT molecular complexity index is 346. The molecular formula is C13H18BrNO. The van der Waals surface area contributed by atoms with Crippen LogP contribution in [0.25, 0.3) is 0 Å². The molecular weight excluding hydrogens is 266 g/mol. The highest BCUT2D eigenvalue weighted by Gasteiger charge is 2.13. The molecule has 0 radical (unpaired) electrons. The Morgan fingerprint density at radius 1 is 1.00 bits per heavy atom. The van der Waals surface area contributed by atoms with Gasteiger partial charge in [0, 0.05) is 13.1 Å². The highest BCUT2D eigenvalue weighted by molar-refractivity contribution is 9.10. The number of aromatic hydroxyl groups is 1. The summed E-state index contributed by atoms with van der Waals surface area (Å²) < 4.78 is 0.784. The van der Waals surface area contributed by atoms with Crippen molar-refractivity contribution in [3.63, 3.8) is 0 Å². The third-order valence-electron chi connectivity index (χ3n) is 3.16. The van der Waals surface area contributed by atoms with E-state index in [4.69, 9.17) is 0 Å². The summed E-state index contributed by atoms with van der Waals surface area (Å²) >= 11 is 3.37. The molecule has 1 aromatic carbocycles. The minimum absolute atomic E-state index is 0.378. The quantitative estimate of drug-likeness (QED) is 0.844. The van der Waals surface area contributed by atoms with Gasteiger partial charge in [-0.1, -0.05) is 25.3 Å². The normalized spacial score (nSPS) is 17.9. The molecule has 88 valence electrons. The van der Waals surface area contributed by atoms with Crippen LogP contribution in [0.15, 0.2) is 22.7 Å². The number of nitrogens with zero attached hydrogens (tertiary/aromatic N) is 1. The van der Waals surface area contributed by atoms with Crippen LogP contribution in [0.3, 0.4) is 0 Å². The van der Waals surface area contributed by atoms with E-state index in [1.54, 1.807) is 0 Å². The summed E-state index contributed by atoms with van der Waals surface area (Å²) in [5.74, 6) is 0.378. The zero-order valence-electron chi connectivity index (χ0n) is 9.45. The van der Waals surface area contributed by atoms with E-state index in [1.165, 1.54) is 32.1 Å². The van der Waals surface area contributed by atoms with Crippen LogP contribution in [0.1, 0.15) is 32.1 Å². The molecule has 0 atom stereocenters. The van der Waals surface area contributed by atoms with Gasteiger partial charge in [-0.3, -0.25) is 0 Å². The first-order valence-electron chi connectivity index (χ1n) is 6.01. The van der Waals surface area contributed by atoms with Crippen molar-refractivity contribution in [2.24, 2.45) is 0 Å². The lowest BCUT2D eigenvalue weighted by molar-refractivity contribution is 0.467. The fraction of sp³-hybridized carbons (Fsp3) is 0.538. The predicted molar refractivity (Wildman–Crippen MR) is 71.1 cm³/mol. The number of benzene rings is 1. The second kappa shape index (κ2) is 5.58. The molecule has 1 aromatic rings. The lowest BCUT2D eigenvalue weighted by atomic mass is 10.1. The summed E-state index contributed by atoms with van der Waals surface area (Å²) in [6, 6.07) is 5.86. The van der Waals surface area contributed by atoms with Crippen LogP contribution in [0, 0.1) is 0 Å². The molecule has 0 unspecified atom stereocenters. The van der Waals surface area contributed by atoms with Gasteiger partial charge in [-0.25, -0.2) is 0 Å². The molecule has 1 fully saturated rings. The maximum absolute atomic E-state index is 10.0. The van der Waals surface area contributed by atoms with Crippen molar-refractivity contribution in [1.29, 1.82) is 0 Å². The summed E-state index contributed by atoms with van der Waals surface area (Å²) in [7, 11) is 0. The van der Waals surface area contributed by atoms with Crippen LogP contribution in [0.4, 0.5) is 5.69 Å². The van der Waals surface area contributed by atoms with Gasteiger partial charge in [-0.2, -0.15) is 0 Å². The highest BCUT2D eigenvalue weighted by Crippen LogP contribution is 2.35. The molecule has 0 bridgehead atoms. The Hall–Kier alpha value is -0.700. The van der Waals surface area contributed by atoms with E-state index < -0.39 is 0 Å². The molecule has 0 saturated carbocycles. The number of rotatable bonds is 1. The summed E-state index contributed by atoms with van der Waals surface area (Å²) in [6.45, 7) is 2.12. The van der Waals surface area contributed by atoms with Gasteiger partial charge in [-0.05, 0) is 40.9 Å². The Balaban J connectivity index is 2.17. The molecule has 16 heavy (non-hydrogen) atoms. The number of phenolic OH excluding ortho intramolecular Hbond substituents is 1. The van der Waals surface area contributed by atoms with Crippen molar-refractivity contribution < 1.29 is 5.11 Å². The van der Waals surface area contributed by atoms with E-state index in [2.05, 4.69) is 20.8 Å². The average Bonchev–Trinajstić information content (AvgIpc) is 2.23. The van der Waals surface area contributed by atoms with Gasteiger partial charge in [0.2, 0.25) is 0 Å². The molecule has 1 aliphatic rings. The first-order chi connectivity index (χ1) is 7.79. The topological polar surface area (TPSA) is 23.5 Å². The van der Waals surface area contributed by atoms with Gasteiger partial charge in [0.05, 0.1) is 10.2 Å². The summed E-state index contributed by atoms with van der Waals surface area (Å²) in [5, 5.41) is 10.0. The molecule has 0 aromatic heterocycles. The maximum atomic E-state index is 10.0. The van der Waals surface area contributed by atoms with Gasteiger partial charge in [-0.15, -0.1) is 0 Å². The van der Waals surface area contributed by atoms with Crippen LogP contribution in [-0.4, -0.2) is 18.2 Å². The van der Waals surface area contributed by atoms with Gasteiger partial charge in [0.25, 0.3) is 0 Å². The van der Waals surface area contributed by atoms with E-state index in [0.29, 0.717) is 5.75 Å². The summed E-state index contributed by atoms with van der Waals surface area (Å²) in [4.78, 5) is 2.30. The Morgan fingerprint density at radius 2 is 1.62 bits per heavy atom. The largest absolute Gasteiger partial charge is 0.505 e. The van der Waals surface area contributed by atoms with Crippen LogP contribution in [0.5, 0.6) is 5.75 Å². The van der Waals surface area contributed by atoms with E-state index >= 15 is 0 Å². The minimum Gasteiger partial charge on any atom is -0.505 e. The fourth-order valence-electron chi connectivity index (χ4n) is 2.25. The standard InChI is InChI=1S/C13H18BrNO/c14-11-7-6-8-12(13(11)16)15-9-4-2-1-3-5-10-15/h6-8,16H,1-5,9-10H2. The molecule has 1 N–H and O–H groups in total. The molecule has 1 heterocycles. The number of hydrogen-bond acceptors (Lipinski definition) is 2. The van der Waals surface area contributed by atoms with E-state index in [1.807, 2.05) is 18.2 Å². The summed E-state index contributed by atoms with van der Waals surface area (Å²) in [5.41, 5.74) is 0.969. The molecule has 2 nitrogen and oxygen atoms in total. The average molecular weight is 284 g/mol. The van der Waals surface area contributed by atoms with Crippen molar-refractivity contribution in [2.45, 2.75) is 32.1 Å². The molecule has 1 saturated heterocycles. The second-order valence-corrected chi connectivity index (χ2v) is 5.22. The second-order valence-electron chi connectivity index (χ2n) is 4.36. The number of hydrogen-bond donors (Lipinski definition) is 1. The van der Waals surface area contributed by atoms with Crippen molar-refractivity contribution >= 4 is 21.6 Å². The smallest absolute Gasteiger partial charge is 0.153 e. The zero-order valence-corrected chi connectivity index (χ0v) is 11.0. The van der Waals surface area contributed by atoms with Crippen LogP contribution >= 0.6 is 15.9 Å². The van der Waals surface area contributed by atoms with E-state index in [-0.39, 0.29) is 0 Å². The van der Waals surface area contributed by atoms with Crippen LogP contribution in [-0.2, 0) is 0 Å². The lowest BCUT2D eigenvalue weighted by Gasteiger charge is -2.27. The van der Waals surface area contributed by atoms with Crippen molar-refractivity contribution in [3.05, 3.63) is 22.7 Å². The summed E-state index contributed by atoms with van der Waals surface area (Å²) in [6.07, 6.45) is 6.44. The van der Waals surface area contributed by atoms with Crippen molar-refractivity contribution in [3.8, 4) is 5.75 Å². The van der Waals surface area contributed by atoms with E-state index in [0.717, 1.165) is 23.2 Å². The first kappa shape index (κ1) is 11.8. The van der Waals surface area contributed by atoms with Crippen LogP contribution < -0.4 is 4.90 Å². The van der Waals surface area contributed by atoms with Gasteiger partial charge in [0.15, 0.2) is 5.75 Å². The van der Waals surface area contributed by atoms with Gasteiger partial charge >= 0.3 is 0 Å². The number of halogens is 1. The molecule has 0 amide bonds. The molecule has 3 heteroatoms. The van der Waals surface area contributed by atoms with Crippen molar-refractivity contribution in [2.75, 3.05) is 18.0 Å². The maximum Gasteiger partial charge on any atom is 0.153 e. The van der Waals surface area contributed by atoms with Crippen LogP contribution in [0.2, 0.25) is 0 Å². The third-order valence-corrected chi connectivity index (χ3v) is 3.80. The number of anilines is 1. The van der Waals surface area contributed by atoms with Gasteiger partial charge in [0.1, 0.15) is 0 Å². The minimum atomic E-state index is 0.378. The fourth-order valence-corrected chi connectivity index (χ4v) is 2.60. The Labute approximate surface area is 105 Å². The van der Waals surface area contributed by atoms with Crippen molar-refractivity contribution in [1.82, 2.24) is 0 Å². The Morgan fingerprint density at radius 3 is 2.31 bits per heavy atom. The number of phenols is 1. The molecule has 0 spiro atoms. The molecule has 1 aliphatic heterocycles. The molecule has 0 aliphatic carbocycles. The third kappa shape index (κ3) is 2.70. The predicted octanol–water partition coefficient (Wildman–Crippen LogP) is 3.93. The first-order valence-corrected chi connectivity index (χ1v) is 6.81. The number of para-hydroxylation sites is 1. The SMILES string of the molecule is Oc1c(Br)cccc1N1CCCCCCC1. The highest BCUT2D eigenvalue weighted by atomic mass is 79.9. The van der Waals surface area contributed by atoms with Gasteiger partial charge < -0.3 is 10.0 Å². The Kier molecular flexibility index (Phi) is 4.10. The zero-order chi connectivity index (χ0) is 11.4. The monoisotopic (exact) mass is 283 g/mol. The molecule has 2 rings (SSSR count). The van der Waals surface area contributed by atoms with E-state index in [9.17, 15) is 5.11 Å².